The molecule has 22 heavy (non-hydrogen) atoms. The molecule has 0 aliphatic carbocycles. The number of nitrogens with zero attached hydrogens (tertiary/aromatic N) is 4. The number of pyridine rings is 1. The van der Waals surface area contributed by atoms with Crippen LogP contribution in [-0.2, 0) is 0 Å². The minimum absolute atomic E-state index is 0.0164. The fraction of sp³-hybridized carbons (Fsp3) is 0.357. The van der Waals surface area contributed by atoms with Crippen molar-refractivity contribution in [3.05, 3.63) is 28.5 Å². The summed E-state index contributed by atoms with van der Waals surface area (Å²) in [6, 6.07) is 4.13. The number of aromatic nitrogens is 2. The molecule has 0 radical (unpaired) electrons. The van der Waals surface area contributed by atoms with E-state index in [1.54, 1.807) is 10.7 Å². The van der Waals surface area contributed by atoms with E-state index in [1.165, 1.54) is 0 Å². The van der Waals surface area contributed by atoms with E-state index in [0.29, 0.717) is 5.56 Å². The van der Waals surface area contributed by atoms with E-state index in [9.17, 15) is 10.1 Å². The Morgan fingerprint density at radius 3 is 2.86 bits per heavy atom. The first-order valence-corrected chi connectivity index (χ1v) is 7.69. The van der Waals surface area contributed by atoms with Crippen LogP contribution < -0.4 is 10.2 Å². The number of amides is 1. The zero-order valence-corrected chi connectivity index (χ0v) is 13.2. The van der Waals surface area contributed by atoms with Gasteiger partial charge in [0.25, 0.3) is 0 Å². The zero-order valence-electron chi connectivity index (χ0n) is 11.7. The van der Waals surface area contributed by atoms with Crippen molar-refractivity contribution in [1.82, 2.24) is 14.9 Å². The standard InChI is InChI=1S/C14H14BrN5O2/c15-10-5-12(13-9(6-16)7-17-20(13)8-10)19-3-1-11(2-4-19)18-14(21)22/h5,7-8,11,18H,1-4H2,(H,21,22). The number of hydrogen-bond donors (Lipinski definition) is 2. The average Bonchev–Trinajstić information content (AvgIpc) is 2.89. The highest BCUT2D eigenvalue weighted by atomic mass is 79.9. The molecule has 3 rings (SSSR count). The maximum absolute atomic E-state index is 10.7. The largest absolute Gasteiger partial charge is 0.465 e. The summed E-state index contributed by atoms with van der Waals surface area (Å²) < 4.78 is 2.58. The smallest absolute Gasteiger partial charge is 0.404 e. The van der Waals surface area contributed by atoms with Crippen LogP contribution in [0.5, 0.6) is 0 Å². The highest BCUT2D eigenvalue weighted by Crippen LogP contribution is 2.30. The van der Waals surface area contributed by atoms with E-state index in [2.05, 4.69) is 37.3 Å². The summed E-state index contributed by atoms with van der Waals surface area (Å²) in [6.45, 7) is 1.46. The van der Waals surface area contributed by atoms with Crippen LogP contribution in [-0.4, -0.2) is 39.9 Å². The lowest BCUT2D eigenvalue weighted by Crippen LogP contribution is -2.44. The van der Waals surface area contributed by atoms with Crippen LogP contribution in [0.4, 0.5) is 10.5 Å². The van der Waals surface area contributed by atoms with E-state index in [1.807, 2.05) is 12.3 Å². The van der Waals surface area contributed by atoms with Crippen LogP contribution >= 0.6 is 15.9 Å². The molecule has 1 aliphatic heterocycles. The molecule has 0 spiro atoms. The third-order valence-corrected chi connectivity index (χ3v) is 4.28. The van der Waals surface area contributed by atoms with Crippen molar-refractivity contribution in [2.75, 3.05) is 18.0 Å². The molecule has 3 heterocycles. The van der Waals surface area contributed by atoms with Gasteiger partial charge < -0.3 is 15.3 Å². The molecular formula is C14H14BrN5O2. The van der Waals surface area contributed by atoms with Crippen LogP contribution in [0.25, 0.3) is 5.52 Å². The van der Waals surface area contributed by atoms with Gasteiger partial charge in [-0.25, -0.2) is 9.31 Å². The normalized spacial score (nSPS) is 15.7. The summed E-state index contributed by atoms with van der Waals surface area (Å²) in [5, 5.41) is 24.8. The second-order valence-electron chi connectivity index (χ2n) is 5.22. The predicted molar refractivity (Wildman–Crippen MR) is 84.0 cm³/mol. The second kappa shape index (κ2) is 5.85. The van der Waals surface area contributed by atoms with Crippen molar-refractivity contribution in [1.29, 1.82) is 5.26 Å². The van der Waals surface area contributed by atoms with Crippen molar-refractivity contribution < 1.29 is 9.90 Å². The van der Waals surface area contributed by atoms with Gasteiger partial charge in [0.1, 0.15) is 11.6 Å². The molecule has 7 nitrogen and oxygen atoms in total. The van der Waals surface area contributed by atoms with E-state index in [-0.39, 0.29) is 6.04 Å². The monoisotopic (exact) mass is 363 g/mol. The number of nitrogens with one attached hydrogen (secondary N) is 1. The van der Waals surface area contributed by atoms with Crippen molar-refractivity contribution in [2.45, 2.75) is 18.9 Å². The van der Waals surface area contributed by atoms with Gasteiger partial charge in [0, 0.05) is 29.8 Å². The van der Waals surface area contributed by atoms with E-state index < -0.39 is 6.09 Å². The number of anilines is 1. The Bertz CT molecular complexity index is 758. The number of carboxylic acid groups (broad SMARTS) is 1. The van der Waals surface area contributed by atoms with Crippen LogP contribution in [0.3, 0.4) is 0 Å². The van der Waals surface area contributed by atoms with Gasteiger partial charge in [0.15, 0.2) is 0 Å². The van der Waals surface area contributed by atoms with E-state index >= 15 is 0 Å². The Morgan fingerprint density at radius 1 is 1.50 bits per heavy atom. The first kappa shape index (κ1) is 14.7. The molecular weight excluding hydrogens is 350 g/mol. The number of carbonyl (C=O) groups is 1. The third-order valence-electron chi connectivity index (χ3n) is 3.84. The van der Waals surface area contributed by atoms with Gasteiger partial charge in [0.2, 0.25) is 0 Å². The highest BCUT2D eigenvalue weighted by Gasteiger charge is 2.23. The fourth-order valence-electron chi connectivity index (χ4n) is 2.83. The van der Waals surface area contributed by atoms with Crippen molar-refractivity contribution in [2.24, 2.45) is 0 Å². The Labute approximate surface area is 135 Å². The van der Waals surface area contributed by atoms with Crippen LogP contribution in [0.2, 0.25) is 0 Å². The Kier molecular flexibility index (Phi) is 3.90. The molecule has 0 saturated carbocycles. The number of hydrogen-bond acceptors (Lipinski definition) is 4. The molecule has 1 aliphatic rings. The van der Waals surface area contributed by atoms with Crippen molar-refractivity contribution in [3.8, 4) is 6.07 Å². The third kappa shape index (κ3) is 2.72. The second-order valence-corrected chi connectivity index (χ2v) is 6.13. The number of fused-ring (bicyclic) bond motifs is 1. The van der Waals surface area contributed by atoms with Gasteiger partial charge in [-0.15, -0.1) is 0 Å². The van der Waals surface area contributed by atoms with Crippen LogP contribution in [0.1, 0.15) is 18.4 Å². The fourth-order valence-corrected chi connectivity index (χ4v) is 3.24. The molecule has 0 atom stereocenters. The molecule has 2 aromatic rings. The molecule has 1 amide bonds. The van der Waals surface area contributed by atoms with Crippen LogP contribution in [0.15, 0.2) is 22.9 Å². The molecule has 114 valence electrons. The first-order chi connectivity index (χ1) is 10.6. The van der Waals surface area contributed by atoms with Gasteiger partial charge in [-0.1, -0.05) is 0 Å². The summed E-state index contributed by atoms with van der Waals surface area (Å²) in [4.78, 5) is 12.9. The summed E-state index contributed by atoms with van der Waals surface area (Å²) in [5.74, 6) is 0. The number of nitriles is 1. The minimum Gasteiger partial charge on any atom is -0.465 e. The number of halogens is 1. The summed E-state index contributed by atoms with van der Waals surface area (Å²) >= 11 is 3.47. The van der Waals surface area contributed by atoms with Crippen molar-refractivity contribution in [3.63, 3.8) is 0 Å². The maximum Gasteiger partial charge on any atom is 0.404 e. The van der Waals surface area contributed by atoms with Crippen molar-refractivity contribution >= 4 is 33.2 Å². The van der Waals surface area contributed by atoms with Gasteiger partial charge in [-0.05, 0) is 34.8 Å². The van der Waals surface area contributed by atoms with Gasteiger partial charge in [-0.3, -0.25) is 0 Å². The lowest BCUT2D eigenvalue weighted by atomic mass is 10.0. The minimum atomic E-state index is -0.981. The lowest BCUT2D eigenvalue weighted by molar-refractivity contribution is 0.187. The summed E-state index contributed by atoms with van der Waals surface area (Å²) in [6.07, 6.45) is 3.87. The molecule has 1 saturated heterocycles. The molecule has 0 aromatic carbocycles. The van der Waals surface area contributed by atoms with E-state index in [0.717, 1.165) is 41.6 Å². The zero-order chi connectivity index (χ0) is 15.7. The SMILES string of the molecule is N#Cc1cnn2cc(Br)cc(N3CCC(NC(=O)O)CC3)c12. The topological polar surface area (TPSA) is 93.7 Å². The van der Waals surface area contributed by atoms with Gasteiger partial charge >= 0.3 is 6.09 Å². The Balaban J connectivity index is 1.90. The van der Waals surface area contributed by atoms with Gasteiger partial charge in [-0.2, -0.15) is 10.4 Å². The Hall–Kier alpha value is -2.27. The molecule has 2 aromatic heterocycles. The molecule has 8 heteroatoms. The molecule has 2 N–H and O–H groups in total. The van der Waals surface area contributed by atoms with Crippen LogP contribution in [0, 0.1) is 11.3 Å². The highest BCUT2D eigenvalue weighted by molar-refractivity contribution is 9.10. The predicted octanol–water partition coefficient (Wildman–Crippen LogP) is 2.20. The maximum atomic E-state index is 10.7. The number of rotatable bonds is 2. The van der Waals surface area contributed by atoms with E-state index in [4.69, 9.17) is 5.11 Å². The first-order valence-electron chi connectivity index (χ1n) is 6.90. The number of piperidine rings is 1. The molecule has 1 fully saturated rings. The lowest BCUT2D eigenvalue weighted by Gasteiger charge is -2.33. The summed E-state index contributed by atoms with van der Waals surface area (Å²) in [5.41, 5.74) is 2.26. The summed E-state index contributed by atoms with van der Waals surface area (Å²) in [7, 11) is 0. The molecule has 0 bridgehead atoms. The average molecular weight is 364 g/mol. The quantitative estimate of drug-likeness (QED) is 0.852. The Morgan fingerprint density at radius 2 is 2.23 bits per heavy atom. The molecule has 0 unspecified atom stereocenters. The van der Waals surface area contributed by atoms with Gasteiger partial charge in [0.05, 0.1) is 17.4 Å².